The summed E-state index contributed by atoms with van der Waals surface area (Å²) in [6.45, 7) is 0. The summed E-state index contributed by atoms with van der Waals surface area (Å²) in [5.74, 6) is 0.427. The van der Waals surface area contributed by atoms with Crippen LogP contribution in [0, 0.1) is 0 Å². The molecule has 30 heavy (non-hydrogen) atoms. The highest BCUT2D eigenvalue weighted by Gasteiger charge is 2.47. The first kappa shape index (κ1) is 20.9. The number of nitrogens with zero attached hydrogens (tertiary/aromatic N) is 3. The molecule has 4 rings (SSSR count). The number of hydrogen-bond donors (Lipinski definition) is 4. The maximum atomic E-state index is 10.7. The molecule has 0 radical (unpaired) electrons. The number of ether oxygens (including phenoxy) is 2. The topological polar surface area (TPSA) is 122 Å². The van der Waals surface area contributed by atoms with E-state index in [0.717, 1.165) is 0 Å². The number of aliphatic hydroxyl groups excluding tert-OH is 3. The van der Waals surface area contributed by atoms with Crippen molar-refractivity contribution in [3.63, 3.8) is 0 Å². The second kappa shape index (κ2) is 8.42. The predicted octanol–water partition coefficient (Wildman–Crippen LogP) is 1.78. The van der Waals surface area contributed by atoms with Crippen LogP contribution in [0.5, 0.6) is 0 Å². The van der Waals surface area contributed by atoms with Gasteiger partial charge in [-0.25, -0.2) is 9.97 Å². The maximum absolute atomic E-state index is 10.7. The van der Waals surface area contributed by atoms with Gasteiger partial charge in [-0.05, 0) is 36.0 Å². The van der Waals surface area contributed by atoms with Crippen molar-refractivity contribution in [2.24, 2.45) is 0 Å². The van der Waals surface area contributed by atoms with Crippen molar-refractivity contribution in [1.82, 2.24) is 14.5 Å². The molecule has 0 saturated carbocycles. The Bertz CT molecular complexity index is 1060. The average molecular weight is 451 g/mol. The molecule has 3 heterocycles. The zero-order valence-electron chi connectivity index (χ0n) is 15.7. The Kier molecular flexibility index (Phi) is 5.87. The molecule has 9 nitrogen and oxygen atoms in total. The molecule has 11 heteroatoms. The van der Waals surface area contributed by atoms with Crippen LogP contribution in [-0.2, 0) is 9.47 Å². The van der Waals surface area contributed by atoms with E-state index in [1.807, 2.05) is 0 Å². The number of aromatic nitrogens is 3. The van der Waals surface area contributed by atoms with Gasteiger partial charge in [0.25, 0.3) is 5.17 Å². The second-order valence-corrected chi connectivity index (χ2v) is 7.58. The molecule has 0 bridgehead atoms. The van der Waals surface area contributed by atoms with Crippen LogP contribution in [0.2, 0.25) is 5.02 Å². The first-order valence-electron chi connectivity index (χ1n) is 9.02. The third-order valence-electron chi connectivity index (χ3n) is 4.99. The summed E-state index contributed by atoms with van der Waals surface area (Å²) in [6.07, 6.45) is -2.82. The van der Waals surface area contributed by atoms with Gasteiger partial charge in [0.05, 0.1) is 12.5 Å². The molecular weight excluding hydrogens is 432 g/mol. The van der Waals surface area contributed by atoms with Gasteiger partial charge >= 0.3 is 0 Å². The lowest BCUT2D eigenvalue weighted by Gasteiger charge is -2.21. The molecule has 1 aliphatic rings. The van der Waals surface area contributed by atoms with Crippen LogP contribution < -0.4 is 5.32 Å². The number of anilines is 1. The van der Waals surface area contributed by atoms with Gasteiger partial charge in [-0.3, -0.25) is 0 Å². The van der Waals surface area contributed by atoms with Gasteiger partial charge < -0.3 is 34.7 Å². The van der Waals surface area contributed by atoms with Crippen molar-refractivity contribution in [1.29, 1.82) is 0 Å². The average Bonchev–Trinajstić information content (AvgIpc) is 3.30. The maximum Gasteiger partial charge on any atom is 0.262 e. The summed E-state index contributed by atoms with van der Waals surface area (Å²) in [5, 5.41) is 36.0. The van der Waals surface area contributed by atoms with E-state index in [2.05, 4.69) is 15.3 Å². The predicted molar refractivity (Wildman–Crippen MR) is 113 cm³/mol. The monoisotopic (exact) mass is 450 g/mol. The van der Waals surface area contributed by atoms with E-state index in [9.17, 15) is 15.3 Å². The van der Waals surface area contributed by atoms with Crippen LogP contribution in [0.25, 0.3) is 11.0 Å². The SMILES string of the molecule is COC(=S)Nc1ncnc2c1ccn2[C@@H]1O[C@H]([C@H](O)c2ccc(Cl)cc2)[C@@H](O)[C@H]1O. The molecule has 1 saturated heterocycles. The number of methoxy groups -OCH3 is 1. The van der Waals surface area contributed by atoms with E-state index in [1.54, 1.807) is 41.1 Å². The molecule has 1 aromatic carbocycles. The van der Waals surface area contributed by atoms with Crippen molar-refractivity contribution in [3.05, 3.63) is 53.4 Å². The van der Waals surface area contributed by atoms with Crippen molar-refractivity contribution >= 4 is 45.8 Å². The quantitative estimate of drug-likeness (QED) is 0.440. The van der Waals surface area contributed by atoms with Crippen molar-refractivity contribution in [2.45, 2.75) is 30.6 Å². The molecule has 1 aliphatic heterocycles. The number of fused-ring (bicyclic) bond motifs is 1. The minimum atomic E-state index is -1.32. The molecule has 0 spiro atoms. The lowest BCUT2D eigenvalue weighted by atomic mass is 9.99. The van der Waals surface area contributed by atoms with Gasteiger partial charge in [0.1, 0.15) is 42.2 Å². The highest BCUT2D eigenvalue weighted by atomic mass is 35.5. The Morgan fingerprint density at radius 2 is 1.97 bits per heavy atom. The number of hydrogen-bond acceptors (Lipinski definition) is 8. The Morgan fingerprint density at radius 1 is 1.23 bits per heavy atom. The minimum absolute atomic E-state index is 0.140. The fourth-order valence-electron chi connectivity index (χ4n) is 3.45. The Hall–Kier alpha value is -2.34. The summed E-state index contributed by atoms with van der Waals surface area (Å²) in [4.78, 5) is 8.41. The number of thiocarbonyl (C=S) groups is 1. The van der Waals surface area contributed by atoms with Crippen molar-refractivity contribution in [3.8, 4) is 0 Å². The first-order valence-corrected chi connectivity index (χ1v) is 9.81. The van der Waals surface area contributed by atoms with E-state index in [0.29, 0.717) is 27.4 Å². The van der Waals surface area contributed by atoms with Gasteiger partial charge in [-0.15, -0.1) is 0 Å². The van der Waals surface area contributed by atoms with Gasteiger partial charge in [0.15, 0.2) is 6.23 Å². The molecule has 0 amide bonds. The van der Waals surface area contributed by atoms with Crippen LogP contribution >= 0.6 is 23.8 Å². The zero-order chi connectivity index (χ0) is 21.4. The first-order chi connectivity index (χ1) is 14.4. The van der Waals surface area contributed by atoms with Crippen LogP contribution in [-0.4, -0.2) is 60.5 Å². The lowest BCUT2D eigenvalue weighted by Crippen LogP contribution is -2.34. The van der Waals surface area contributed by atoms with Crippen LogP contribution in [0.4, 0.5) is 5.82 Å². The van der Waals surface area contributed by atoms with E-state index < -0.39 is 30.6 Å². The fraction of sp³-hybridized carbons (Fsp3) is 0.316. The number of benzene rings is 1. The van der Waals surface area contributed by atoms with E-state index in [-0.39, 0.29) is 5.17 Å². The summed E-state index contributed by atoms with van der Waals surface area (Å²) < 4.78 is 12.4. The van der Waals surface area contributed by atoms with Gasteiger partial charge in [-0.1, -0.05) is 23.7 Å². The fourth-order valence-corrected chi connectivity index (χ4v) is 3.67. The molecule has 0 aliphatic carbocycles. The standard InChI is InChI=1S/C19H19ClN4O5S/c1-28-19(30)23-16-11-6-7-24(17(11)22-8-21-16)18-14(27)13(26)15(29-18)12(25)9-2-4-10(20)5-3-9/h2-8,12-15,18,25-27H,1H3,(H,21,22,23,30)/t12-,13+,14-,15-,18-/m1/s1. The molecule has 3 aromatic rings. The van der Waals surface area contributed by atoms with Gasteiger partial charge in [-0.2, -0.15) is 0 Å². The molecule has 5 atom stereocenters. The number of halogens is 1. The van der Waals surface area contributed by atoms with Crippen molar-refractivity contribution in [2.75, 3.05) is 12.4 Å². The Labute approximate surface area is 181 Å². The molecule has 2 aromatic heterocycles. The second-order valence-electron chi connectivity index (χ2n) is 6.77. The van der Waals surface area contributed by atoms with Crippen LogP contribution in [0.3, 0.4) is 0 Å². The minimum Gasteiger partial charge on any atom is -0.474 e. The summed E-state index contributed by atoms with van der Waals surface area (Å²) in [5.41, 5.74) is 0.958. The van der Waals surface area contributed by atoms with Crippen LogP contribution in [0.15, 0.2) is 42.9 Å². The highest BCUT2D eigenvalue weighted by Crippen LogP contribution is 2.38. The summed E-state index contributed by atoms with van der Waals surface area (Å²) in [7, 11) is 1.44. The molecule has 1 fully saturated rings. The number of rotatable bonds is 4. The molecular formula is C19H19ClN4O5S. The smallest absolute Gasteiger partial charge is 0.262 e. The van der Waals surface area contributed by atoms with E-state index in [1.165, 1.54) is 13.4 Å². The van der Waals surface area contributed by atoms with Crippen LogP contribution in [0.1, 0.15) is 17.9 Å². The summed E-state index contributed by atoms with van der Waals surface area (Å²) in [6, 6.07) is 8.26. The molecule has 0 unspecified atom stereocenters. The lowest BCUT2D eigenvalue weighted by molar-refractivity contribution is -0.0848. The third-order valence-corrected chi connectivity index (χ3v) is 5.51. The third kappa shape index (κ3) is 3.73. The molecule has 4 N–H and O–H groups in total. The Balaban J connectivity index is 1.63. The molecule has 158 valence electrons. The number of nitrogens with one attached hydrogen (secondary N) is 1. The number of aliphatic hydroxyl groups is 3. The van der Waals surface area contributed by atoms with Gasteiger partial charge in [0, 0.05) is 11.2 Å². The van der Waals surface area contributed by atoms with Crippen molar-refractivity contribution < 1.29 is 24.8 Å². The van der Waals surface area contributed by atoms with E-state index in [4.69, 9.17) is 33.3 Å². The van der Waals surface area contributed by atoms with E-state index >= 15 is 0 Å². The highest BCUT2D eigenvalue weighted by molar-refractivity contribution is 7.80. The summed E-state index contributed by atoms with van der Waals surface area (Å²) >= 11 is 10.9. The van der Waals surface area contributed by atoms with Gasteiger partial charge in [0.2, 0.25) is 0 Å². The Morgan fingerprint density at radius 3 is 2.67 bits per heavy atom. The normalized spacial score (nSPS) is 24.7. The largest absolute Gasteiger partial charge is 0.474 e. The zero-order valence-corrected chi connectivity index (χ0v) is 17.3.